The van der Waals surface area contributed by atoms with Gasteiger partial charge in [0.05, 0.1) is 12.7 Å². The van der Waals surface area contributed by atoms with Crippen LogP contribution in [0.25, 0.3) is 0 Å². The molecular formula is C16H21N3O3. The van der Waals surface area contributed by atoms with Gasteiger partial charge >= 0.3 is 0 Å². The van der Waals surface area contributed by atoms with Gasteiger partial charge in [0.15, 0.2) is 0 Å². The van der Waals surface area contributed by atoms with Crippen molar-refractivity contribution >= 4 is 23.2 Å². The molecule has 0 unspecified atom stereocenters. The molecule has 3 rings (SSSR count). The molecule has 2 N–H and O–H groups in total. The molecule has 2 aliphatic rings. The minimum Gasteiger partial charge on any atom is -0.375 e. The zero-order chi connectivity index (χ0) is 15.5. The van der Waals surface area contributed by atoms with Crippen LogP contribution in [-0.4, -0.2) is 43.7 Å². The number of hydrogen-bond donors (Lipinski definition) is 2. The Hall–Kier alpha value is -1.92. The molecule has 1 aromatic carbocycles. The number of carbonyl (C=O) groups is 2. The largest absolute Gasteiger partial charge is 0.375 e. The highest BCUT2D eigenvalue weighted by Gasteiger charge is 2.28. The molecule has 22 heavy (non-hydrogen) atoms. The number of rotatable bonds is 3. The quantitative estimate of drug-likeness (QED) is 0.878. The highest BCUT2D eigenvalue weighted by atomic mass is 16.5. The van der Waals surface area contributed by atoms with Crippen molar-refractivity contribution in [2.24, 2.45) is 0 Å². The second kappa shape index (κ2) is 6.46. The lowest BCUT2D eigenvalue weighted by atomic mass is 10.1. The molecular weight excluding hydrogens is 282 g/mol. The summed E-state index contributed by atoms with van der Waals surface area (Å²) in [7, 11) is 0. The molecule has 2 aliphatic heterocycles. The summed E-state index contributed by atoms with van der Waals surface area (Å²) in [6, 6.07) is 7.05. The van der Waals surface area contributed by atoms with E-state index in [1.807, 2.05) is 31.2 Å². The van der Waals surface area contributed by atoms with Crippen molar-refractivity contribution in [3.63, 3.8) is 0 Å². The molecule has 6 heteroatoms. The minimum absolute atomic E-state index is 0.0998. The zero-order valence-corrected chi connectivity index (χ0v) is 12.7. The zero-order valence-electron chi connectivity index (χ0n) is 12.7. The van der Waals surface area contributed by atoms with Gasteiger partial charge in [-0.2, -0.15) is 0 Å². The number of anilines is 2. The van der Waals surface area contributed by atoms with E-state index in [-0.39, 0.29) is 24.0 Å². The van der Waals surface area contributed by atoms with Crippen molar-refractivity contribution in [3.8, 4) is 0 Å². The highest BCUT2D eigenvalue weighted by Crippen LogP contribution is 2.23. The Kier molecular flexibility index (Phi) is 4.40. The molecule has 2 heterocycles. The molecule has 0 spiro atoms. The smallest absolute Gasteiger partial charge is 0.244 e. The van der Waals surface area contributed by atoms with Crippen LogP contribution in [0.4, 0.5) is 11.4 Å². The lowest BCUT2D eigenvalue weighted by molar-refractivity contribution is -0.123. The average Bonchev–Trinajstić information content (AvgIpc) is 2.94. The Bertz CT molecular complexity index is 558. The highest BCUT2D eigenvalue weighted by molar-refractivity contribution is 5.97. The number of nitrogens with one attached hydrogen (secondary N) is 2. The average molecular weight is 303 g/mol. The molecule has 2 fully saturated rings. The molecule has 0 bridgehead atoms. The molecule has 1 aromatic rings. The van der Waals surface area contributed by atoms with Gasteiger partial charge in [-0.05, 0) is 37.6 Å². The Morgan fingerprint density at radius 1 is 1.36 bits per heavy atom. The number of amides is 2. The molecule has 0 aliphatic carbocycles. The summed E-state index contributed by atoms with van der Waals surface area (Å²) in [6.45, 7) is 3.96. The van der Waals surface area contributed by atoms with Crippen LogP contribution in [0.1, 0.15) is 19.8 Å². The predicted molar refractivity (Wildman–Crippen MR) is 83.9 cm³/mol. The van der Waals surface area contributed by atoms with Gasteiger partial charge in [-0.3, -0.25) is 9.59 Å². The maximum Gasteiger partial charge on any atom is 0.244 e. The second-order valence-electron chi connectivity index (χ2n) is 5.69. The normalized spacial score (nSPS) is 25.3. The fourth-order valence-electron chi connectivity index (χ4n) is 2.89. The molecule has 0 radical (unpaired) electrons. The first-order valence-corrected chi connectivity index (χ1v) is 7.71. The van der Waals surface area contributed by atoms with Crippen molar-refractivity contribution in [3.05, 3.63) is 24.3 Å². The molecule has 6 nitrogen and oxygen atoms in total. The molecule has 118 valence electrons. The summed E-state index contributed by atoms with van der Waals surface area (Å²) >= 11 is 0. The van der Waals surface area contributed by atoms with Crippen LogP contribution in [0, 0.1) is 0 Å². The van der Waals surface area contributed by atoms with Gasteiger partial charge in [-0.1, -0.05) is 0 Å². The first-order chi connectivity index (χ1) is 10.6. The van der Waals surface area contributed by atoms with Crippen LogP contribution in [0.3, 0.4) is 0 Å². The van der Waals surface area contributed by atoms with Gasteiger partial charge < -0.3 is 20.3 Å². The number of hydrogen-bond acceptors (Lipinski definition) is 4. The van der Waals surface area contributed by atoms with Gasteiger partial charge in [0.1, 0.15) is 6.04 Å². The van der Waals surface area contributed by atoms with E-state index in [0.29, 0.717) is 19.6 Å². The van der Waals surface area contributed by atoms with Gasteiger partial charge in [0, 0.05) is 30.9 Å². The van der Waals surface area contributed by atoms with Crippen LogP contribution in [0.15, 0.2) is 24.3 Å². The van der Waals surface area contributed by atoms with Crippen LogP contribution < -0.4 is 15.5 Å². The Morgan fingerprint density at radius 2 is 2.14 bits per heavy atom. The summed E-state index contributed by atoms with van der Waals surface area (Å²) in [6.07, 6.45) is 1.38. The molecule has 2 atom stereocenters. The van der Waals surface area contributed by atoms with Crippen molar-refractivity contribution in [2.45, 2.75) is 31.9 Å². The number of benzene rings is 1. The van der Waals surface area contributed by atoms with Crippen LogP contribution in [0.2, 0.25) is 0 Å². The first-order valence-electron chi connectivity index (χ1n) is 7.71. The number of carbonyl (C=O) groups excluding carboxylic acids is 2. The van der Waals surface area contributed by atoms with E-state index in [1.165, 1.54) is 0 Å². The maximum atomic E-state index is 12.3. The van der Waals surface area contributed by atoms with Crippen molar-refractivity contribution in [1.29, 1.82) is 0 Å². The number of morpholine rings is 1. The molecule has 2 saturated heterocycles. The maximum absolute atomic E-state index is 12.3. The standard InChI is InChI=1S/C16H21N3O3/c1-11-15(17-8-10-22-11)16(21)18-12-4-6-13(7-5-12)19-9-2-3-14(19)20/h4-7,11,15,17H,2-3,8-10H2,1H3,(H,18,21)/t11-,15+/m1/s1. The molecule has 2 amide bonds. The summed E-state index contributed by atoms with van der Waals surface area (Å²) in [5.41, 5.74) is 1.60. The lowest BCUT2D eigenvalue weighted by Crippen LogP contribution is -2.53. The first kappa shape index (κ1) is 15.0. The van der Waals surface area contributed by atoms with Gasteiger partial charge in [-0.15, -0.1) is 0 Å². The van der Waals surface area contributed by atoms with E-state index in [2.05, 4.69) is 10.6 Å². The summed E-state index contributed by atoms with van der Waals surface area (Å²) in [4.78, 5) is 25.7. The van der Waals surface area contributed by atoms with E-state index in [9.17, 15) is 9.59 Å². The summed E-state index contributed by atoms with van der Waals surface area (Å²) < 4.78 is 5.48. The molecule has 0 aromatic heterocycles. The van der Waals surface area contributed by atoms with Gasteiger partial charge in [0.25, 0.3) is 0 Å². The van der Waals surface area contributed by atoms with E-state index in [1.54, 1.807) is 4.90 Å². The SMILES string of the molecule is C[C@H]1OCCN[C@@H]1C(=O)Nc1ccc(N2CCCC2=O)cc1. The van der Waals surface area contributed by atoms with Gasteiger partial charge in [-0.25, -0.2) is 0 Å². The lowest BCUT2D eigenvalue weighted by Gasteiger charge is -2.29. The summed E-state index contributed by atoms with van der Waals surface area (Å²) in [5, 5.41) is 6.05. The molecule has 0 saturated carbocycles. The minimum atomic E-state index is -0.339. The Balaban J connectivity index is 1.63. The topological polar surface area (TPSA) is 70.7 Å². The fraction of sp³-hybridized carbons (Fsp3) is 0.500. The third-order valence-corrected chi connectivity index (χ3v) is 4.12. The number of nitrogens with zero attached hydrogens (tertiary/aromatic N) is 1. The Morgan fingerprint density at radius 3 is 2.77 bits per heavy atom. The van der Waals surface area contributed by atoms with Crippen LogP contribution in [0.5, 0.6) is 0 Å². The monoisotopic (exact) mass is 303 g/mol. The van der Waals surface area contributed by atoms with Crippen LogP contribution >= 0.6 is 0 Å². The van der Waals surface area contributed by atoms with E-state index in [0.717, 1.165) is 24.3 Å². The third kappa shape index (κ3) is 3.13. The summed E-state index contributed by atoms with van der Waals surface area (Å²) in [5.74, 6) is 0.0614. The second-order valence-corrected chi connectivity index (χ2v) is 5.69. The number of ether oxygens (including phenoxy) is 1. The van der Waals surface area contributed by atoms with E-state index >= 15 is 0 Å². The fourth-order valence-corrected chi connectivity index (χ4v) is 2.89. The van der Waals surface area contributed by atoms with Crippen molar-refractivity contribution < 1.29 is 14.3 Å². The van der Waals surface area contributed by atoms with Crippen molar-refractivity contribution in [2.75, 3.05) is 29.9 Å². The predicted octanol–water partition coefficient (Wildman–Crippen LogP) is 1.13. The van der Waals surface area contributed by atoms with E-state index in [4.69, 9.17) is 4.74 Å². The third-order valence-electron chi connectivity index (χ3n) is 4.12. The van der Waals surface area contributed by atoms with Crippen molar-refractivity contribution in [1.82, 2.24) is 5.32 Å². The van der Waals surface area contributed by atoms with E-state index < -0.39 is 0 Å². The Labute approximate surface area is 129 Å². The van der Waals surface area contributed by atoms with Crippen LogP contribution in [-0.2, 0) is 14.3 Å². The van der Waals surface area contributed by atoms with Gasteiger partial charge in [0.2, 0.25) is 11.8 Å².